The highest BCUT2D eigenvalue weighted by molar-refractivity contribution is 4.95. The van der Waals surface area contributed by atoms with E-state index in [2.05, 4.69) is 11.8 Å². The van der Waals surface area contributed by atoms with Gasteiger partial charge in [-0.3, -0.25) is 4.90 Å². The molecule has 0 amide bonds. The summed E-state index contributed by atoms with van der Waals surface area (Å²) in [6.07, 6.45) is 11.9. The molecule has 2 aliphatic rings. The van der Waals surface area contributed by atoms with Gasteiger partial charge in [0.2, 0.25) is 0 Å². The molecule has 0 aromatic rings. The molecule has 2 aliphatic heterocycles. The van der Waals surface area contributed by atoms with Crippen LogP contribution in [0, 0.1) is 0 Å². The van der Waals surface area contributed by atoms with E-state index in [1.165, 1.54) is 51.4 Å². The van der Waals surface area contributed by atoms with E-state index >= 15 is 0 Å². The minimum absolute atomic E-state index is 0.107. The molecule has 0 aromatic carbocycles. The zero-order valence-corrected chi connectivity index (χ0v) is 11.6. The van der Waals surface area contributed by atoms with Crippen LogP contribution in [0.2, 0.25) is 0 Å². The Morgan fingerprint density at radius 1 is 1.12 bits per heavy atom. The summed E-state index contributed by atoms with van der Waals surface area (Å²) in [5, 5.41) is 9.21. The Hall–Kier alpha value is -0.0800. The number of aliphatic hydroxyl groups excluding tert-OH is 1. The molecule has 2 heteroatoms. The van der Waals surface area contributed by atoms with Crippen molar-refractivity contribution in [2.24, 2.45) is 0 Å². The van der Waals surface area contributed by atoms with Gasteiger partial charge in [-0.05, 0) is 52.4 Å². The lowest BCUT2D eigenvalue weighted by molar-refractivity contribution is 0.173. The molecule has 2 nitrogen and oxygen atoms in total. The van der Waals surface area contributed by atoms with Crippen molar-refractivity contribution in [3.63, 3.8) is 0 Å². The fourth-order valence-electron chi connectivity index (χ4n) is 3.87. The first-order valence-electron chi connectivity index (χ1n) is 7.64. The van der Waals surface area contributed by atoms with Crippen LogP contribution >= 0.6 is 0 Å². The van der Waals surface area contributed by atoms with Crippen LogP contribution in [0.5, 0.6) is 0 Å². The number of hydrogen-bond acceptors (Lipinski definition) is 2. The van der Waals surface area contributed by atoms with E-state index in [0.717, 1.165) is 24.5 Å². The van der Waals surface area contributed by atoms with Gasteiger partial charge in [0.05, 0.1) is 6.10 Å². The number of unbranched alkanes of at least 4 members (excludes halogenated alkanes) is 2. The van der Waals surface area contributed by atoms with Gasteiger partial charge in [0.15, 0.2) is 0 Å². The van der Waals surface area contributed by atoms with Gasteiger partial charge in [-0.1, -0.05) is 19.3 Å². The molecule has 2 rings (SSSR count). The van der Waals surface area contributed by atoms with E-state index in [1.54, 1.807) is 0 Å². The van der Waals surface area contributed by atoms with Gasteiger partial charge in [-0.25, -0.2) is 0 Å². The molecule has 0 aliphatic carbocycles. The molecular formula is C15H29NO. The van der Waals surface area contributed by atoms with Crippen molar-refractivity contribution >= 4 is 0 Å². The molecule has 2 saturated heterocycles. The summed E-state index contributed by atoms with van der Waals surface area (Å²) in [6.45, 7) is 4.30. The number of nitrogens with zero attached hydrogens (tertiary/aromatic N) is 1. The molecule has 2 heterocycles. The summed E-state index contributed by atoms with van der Waals surface area (Å²) < 4.78 is 0. The van der Waals surface area contributed by atoms with Crippen molar-refractivity contribution in [2.45, 2.75) is 95.9 Å². The average Bonchev–Trinajstić information content (AvgIpc) is 2.82. The number of aliphatic hydroxyl groups is 1. The zero-order valence-electron chi connectivity index (χ0n) is 11.6. The Morgan fingerprint density at radius 3 is 2.65 bits per heavy atom. The lowest BCUT2D eigenvalue weighted by atomic mass is 10.0. The van der Waals surface area contributed by atoms with Crippen LogP contribution in [0.4, 0.5) is 0 Å². The summed E-state index contributed by atoms with van der Waals surface area (Å²) in [7, 11) is 0. The molecule has 0 radical (unpaired) electrons. The molecule has 4 atom stereocenters. The van der Waals surface area contributed by atoms with Gasteiger partial charge in [0.25, 0.3) is 0 Å². The van der Waals surface area contributed by atoms with Crippen LogP contribution in [0.1, 0.15) is 71.6 Å². The summed E-state index contributed by atoms with van der Waals surface area (Å²) in [5.74, 6) is 0. The van der Waals surface area contributed by atoms with E-state index in [4.69, 9.17) is 0 Å². The predicted molar refractivity (Wildman–Crippen MR) is 72.1 cm³/mol. The van der Waals surface area contributed by atoms with Gasteiger partial charge < -0.3 is 5.11 Å². The Morgan fingerprint density at radius 2 is 1.88 bits per heavy atom. The van der Waals surface area contributed by atoms with Gasteiger partial charge in [-0.2, -0.15) is 0 Å². The maximum absolute atomic E-state index is 9.21. The summed E-state index contributed by atoms with van der Waals surface area (Å²) >= 11 is 0. The smallest absolute Gasteiger partial charge is 0.0512 e. The highest BCUT2D eigenvalue weighted by Gasteiger charge is 2.39. The summed E-state index contributed by atoms with van der Waals surface area (Å²) in [5.41, 5.74) is 0. The third-order valence-electron chi connectivity index (χ3n) is 4.76. The van der Waals surface area contributed by atoms with Crippen molar-refractivity contribution in [3.8, 4) is 0 Å². The third kappa shape index (κ3) is 3.45. The van der Waals surface area contributed by atoms with Gasteiger partial charge in [0, 0.05) is 18.1 Å². The van der Waals surface area contributed by atoms with Crippen molar-refractivity contribution in [2.75, 3.05) is 0 Å². The van der Waals surface area contributed by atoms with Crippen molar-refractivity contribution < 1.29 is 5.11 Å². The normalized spacial score (nSPS) is 35.1. The van der Waals surface area contributed by atoms with E-state index in [9.17, 15) is 5.11 Å². The van der Waals surface area contributed by atoms with Crippen molar-refractivity contribution in [1.82, 2.24) is 4.90 Å². The molecule has 0 saturated carbocycles. The van der Waals surface area contributed by atoms with Crippen LogP contribution in [-0.2, 0) is 0 Å². The standard InChI is InChI=1S/C15H29NO/c1-12-8-9-15-11-10-14(16(12)15)7-5-3-4-6-13(2)17/h12-15,17H,3-11H2,1-2H3/t12-,13-,14+,15+/m0/s1. The highest BCUT2D eigenvalue weighted by atomic mass is 16.3. The minimum atomic E-state index is -0.107. The first kappa shape index (κ1) is 13.4. The molecule has 100 valence electrons. The van der Waals surface area contributed by atoms with E-state index in [-0.39, 0.29) is 6.10 Å². The van der Waals surface area contributed by atoms with Crippen LogP contribution in [0.3, 0.4) is 0 Å². The zero-order chi connectivity index (χ0) is 12.3. The molecule has 0 spiro atoms. The van der Waals surface area contributed by atoms with Crippen molar-refractivity contribution in [1.29, 1.82) is 0 Å². The van der Waals surface area contributed by atoms with E-state index in [1.807, 2.05) is 6.92 Å². The second-order valence-corrected chi connectivity index (χ2v) is 6.25. The van der Waals surface area contributed by atoms with Gasteiger partial charge in [0.1, 0.15) is 0 Å². The monoisotopic (exact) mass is 239 g/mol. The summed E-state index contributed by atoms with van der Waals surface area (Å²) in [4.78, 5) is 2.81. The molecule has 0 aromatic heterocycles. The van der Waals surface area contributed by atoms with Gasteiger partial charge in [-0.15, -0.1) is 0 Å². The van der Waals surface area contributed by atoms with Gasteiger partial charge >= 0.3 is 0 Å². The molecule has 2 fully saturated rings. The van der Waals surface area contributed by atoms with Crippen LogP contribution in [0.15, 0.2) is 0 Å². The number of rotatable bonds is 6. The van der Waals surface area contributed by atoms with Crippen molar-refractivity contribution in [3.05, 3.63) is 0 Å². The Bertz CT molecular complexity index is 229. The molecule has 17 heavy (non-hydrogen) atoms. The third-order valence-corrected chi connectivity index (χ3v) is 4.76. The topological polar surface area (TPSA) is 23.5 Å². The molecule has 0 bridgehead atoms. The maximum Gasteiger partial charge on any atom is 0.0512 e. The predicted octanol–water partition coefficient (Wildman–Crippen LogP) is 3.33. The first-order chi connectivity index (χ1) is 8.18. The SMILES string of the molecule is C[C@H](O)CCCCC[C@@H]1CC[C@H]2CC[C@H](C)N12. The number of fused-ring (bicyclic) bond motifs is 1. The maximum atomic E-state index is 9.21. The van der Waals surface area contributed by atoms with Crippen LogP contribution < -0.4 is 0 Å². The minimum Gasteiger partial charge on any atom is -0.393 e. The lowest BCUT2D eigenvalue weighted by Gasteiger charge is -2.28. The van der Waals surface area contributed by atoms with Crippen LogP contribution in [-0.4, -0.2) is 34.2 Å². The Kier molecular flexibility index (Phi) is 4.87. The fourth-order valence-corrected chi connectivity index (χ4v) is 3.87. The fraction of sp³-hybridized carbons (Fsp3) is 1.00. The summed E-state index contributed by atoms with van der Waals surface area (Å²) in [6, 6.07) is 2.64. The molecule has 1 N–H and O–H groups in total. The van der Waals surface area contributed by atoms with Crippen LogP contribution in [0.25, 0.3) is 0 Å². The first-order valence-corrected chi connectivity index (χ1v) is 7.64. The second-order valence-electron chi connectivity index (χ2n) is 6.25. The Labute approximate surface area is 106 Å². The van der Waals surface area contributed by atoms with E-state index in [0.29, 0.717) is 0 Å². The Balaban J connectivity index is 1.63. The molecule has 0 unspecified atom stereocenters. The largest absolute Gasteiger partial charge is 0.393 e. The quantitative estimate of drug-likeness (QED) is 0.719. The average molecular weight is 239 g/mol. The lowest BCUT2D eigenvalue weighted by Crippen LogP contribution is -2.36. The second kappa shape index (κ2) is 6.19. The highest BCUT2D eigenvalue weighted by Crippen LogP contribution is 2.38. The number of hydrogen-bond donors (Lipinski definition) is 1. The molecular weight excluding hydrogens is 210 g/mol. The van der Waals surface area contributed by atoms with E-state index < -0.39 is 0 Å².